The Morgan fingerprint density at radius 3 is 3.11 bits per heavy atom. The van der Waals surface area contributed by atoms with E-state index in [1.54, 1.807) is 13.3 Å². The van der Waals surface area contributed by atoms with Crippen molar-refractivity contribution in [3.8, 4) is 0 Å². The predicted octanol–water partition coefficient (Wildman–Crippen LogP) is 1.54. The fraction of sp³-hybridized carbons (Fsp3) is 0.286. The van der Waals surface area contributed by atoms with E-state index in [0.717, 1.165) is 16.6 Å². The number of amides is 1. The number of nitrogens with two attached hydrogens (primary N) is 1. The molecule has 19 heavy (non-hydrogen) atoms. The molecule has 0 aliphatic carbocycles. The number of nitrogens with one attached hydrogen (secondary N) is 1. The number of carbonyl (C=O) groups is 1. The molecule has 5 heteroatoms. The topological polar surface area (TPSA) is 77.2 Å². The summed E-state index contributed by atoms with van der Waals surface area (Å²) in [5.41, 5.74) is 7.37. The van der Waals surface area contributed by atoms with Gasteiger partial charge in [-0.25, -0.2) is 0 Å². The third-order valence-corrected chi connectivity index (χ3v) is 2.84. The Bertz CT molecular complexity index is 571. The average molecular weight is 259 g/mol. The van der Waals surface area contributed by atoms with Crippen LogP contribution in [0, 0.1) is 0 Å². The van der Waals surface area contributed by atoms with Gasteiger partial charge >= 0.3 is 0 Å². The largest absolute Gasteiger partial charge is 0.385 e. The van der Waals surface area contributed by atoms with Gasteiger partial charge in [0.15, 0.2) is 0 Å². The molecule has 1 atom stereocenters. The van der Waals surface area contributed by atoms with Crippen molar-refractivity contribution in [3.05, 3.63) is 36.5 Å². The summed E-state index contributed by atoms with van der Waals surface area (Å²) in [5, 5.41) is 3.77. The first-order valence-electron chi connectivity index (χ1n) is 6.11. The molecular formula is C14H17N3O2. The Hall–Kier alpha value is -1.98. The van der Waals surface area contributed by atoms with E-state index in [9.17, 15) is 4.79 Å². The number of ether oxygens (including phenoxy) is 1. The summed E-state index contributed by atoms with van der Waals surface area (Å²) < 4.78 is 4.90. The molecule has 5 nitrogen and oxygen atoms in total. The maximum atomic E-state index is 11.8. The van der Waals surface area contributed by atoms with Gasteiger partial charge in [-0.05, 0) is 30.7 Å². The summed E-state index contributed by atoms with van der Waals surface area (Å²) in [4.78, 5) is 16.1. The summed E-state index contributed by atoms with van der Waals surface area (Å²) in [6.45, 7) is 0.468. The Kier molecular flexibility index (Phi) is 4.43. The Morgan fingerprint density at radius 1 is 1.47 bits per heavy atom. The molecule has 100 valence electrons. The molecule has 2 aromatic rings. The number of fused-ring (bicyclic) bond motifs is 1. The predicted molar refractivity (Wildman–Crippen MR) is 74.8 cm³/mol. The van der Waals surface area contributed by atoms with Crippen molar-refractivity contribution < 1.29 is 9.53 Å². The van der Waals surface area contributed by atoms with Gasteiger partial charge in [0.1, 0.15) is 0 Å². The average Bonchev–Trinajstić information content (AvgIpc) is 2.44. The van der Waals surface area contributed by atoms with Gasteiger partial charge in [-0.3, -0.25) is 9.78 Å². The number of pyridine rings is 1. The molecular weight excluding hydrogens is 242 g/mol. The van der Waals surface area contributed by atoms with E-state index in [4.69, 9.17) is 10.5 Å². The van der Waals surface area contributed by atoms with E-state index < -0.39 is 6.04 Å². The van der Waals surface area contributed by atoms with Crippen LogP contribution in [-0.4, -0.2) is 30.6 Å². The summed E-state index contributed by atoms with van der Waals surface area (Å²) in [6.07, 6.45) is 2.23. The quantitative estimate of drug-likeness (QED) is 0.853. The lowest BCUT2D eigenvalue weighted by molar-refractivity contribution is -0.117. The van der Waals surface area contributed by atoms with Crippen molar-refractivity contribution in [3.63, 3.8) is 0 Å². The van der Waals surface area contributed by atoms with Gasteiger partial charge in [-0.15, -0.1) is 0 Å². The van der Waals surface area contributed by atoms with Crippen LogP contribution >= 0.6 is 0 Å². The first-order valence-corrected chi connectivity index (χ1v) is 6.11. The van der Waals surface area contributed by atoms with Crippen LogP contribution in [0.15, 0.2) is 36.5 Å². The molecule has 0 radical (unpaired) electrons. The Balaban J connectivity index is 2.06. The summed E-state index contributed by atoms with van der Waals surface area (Å²) >= 11 is 0. The van der Waals surface area contributed by atoms with Crippen LogP contribution in [0.25, 0.3) is 10.9 Å². The molecule has 0 saturated carbocycles. The normalized spacial score (nSPS) is 12.3. The van der Waals surface area contributed by atoms with Crippen LogP contribution < -0.4 is 11.1 Å². The van der Waals surface area contributed by atoms with E-state index in [1.165, 1.54) is 0 Å². The number of hydrogen-bond acceptors (Lipinski definition) is 4. The molecule has 1 aromatic heterocycles. The lowest BCUT2D eigenvalue weighted by atomic mass is 10.1. The van der Waals surface area contributed by atoms with Crippen molar-refractivity contribution in [2.45, 2.75) is 12.5 Å². The maximum absolute atomic E-state index is 11.8. The summed E-state index contributed by atoms with van der Waals surface area (Å²) in [7, 11) is 1.58. The number of carbonyl (C=O) groups excluding carboxylic acids is 1. The van der Waals surface area contributed by atoms with E-state index in [2.05, 4.69) is 10.3 Å². The summed E-state index contributed by atoms with van der Waals surface area (Å²) in [5.74, 6) is -0.208. The molecule has 0 aliphatic heterocycles. The molecule has 0 bridgehead atoms. The lowest BCUT2D eigenvalue weighted by Crippen LogP contribution is -2.36. The van der Waals surface area contributed by atoms with E-state index >= 15 is 0 Å². The first kappa shape index (κ1) is 13.5. The van der Waals surface area contributed by atoms with Crippen molar-refractivity contribution in [2.75, 3.05) is 19.0 Å². The minimum Gasteiger partial charge on any atom is -0.385 e. The molecule has 0 aliphatic rings. The first-order chi connectivity index (χ1) is 9.20. The van der Waals surface area contributed by atoms with Crippen LogP contribution in [0.3, 0.4) is 0 Å². The smallest absolute Gasteiger partial charge is 0.241 e. The number of benzene rings is 1. The van der Waals surface area contributed by atoms with Gasteiger partial charge in [0.05, 0.1) is 11.6 Å². The minimum atomic E-state index is -0.565. The van der Waals surface area contributed by atoms with Crippen molar-refractivity contribution in [1.29, 1.82) is 0 Å². The minimum absolute atomic E-state index is 0.208. The number of nitrogens with zero attached hydrogens (tertiary/aromatic N) is 1. The monoisotopic (exact) mass is 259 g/mol. The van der Waals surface area contributed by atoms with E-state index in [-0.39, 0.29) is 5.91 Å². The molecule has 0 fully saturated rings. The standard InChI is InChI=1S/C14H17N3O2/c1-19-8-6-12(15)14(18)17-11-4-5-13-10(9-11)3-2-7-16-13/h2-5,7,9,12H,6,8,15H2,1H3,(H,17,18). The fourth-order valence-electron chi connectivity index (χ4n) is 1.76. The van der Waals surface area contributed by atoms with Crippen molar-refractivity contribution >= 4 is 22.5 Å². The fourth-order valence-corrected chi connectivity index (χ4v) is 1.76. The van der Waals surface area contributed by atoms with Crippen LogP contribution in [0.2, 0.25) is 0 Å². The number of hydrogen-bond donors (Lipinski definition) is 2. The van der Waals surface area contributed by atoms with Gasteiger partial charge in [0.2, 0.25) is 5.91 Å². The van der Waals surface area contributed by atoms with Crippen LogP contribution in [0.4, 0.5) is 5.69 Å². The molecule has 1 amide bonds. The molecule has 0 saturated heterocycles. The summed E-state index contributed by atoms with van der Waals surface area (Å²) in [6, 6.07) is 8.80. The van der Waals surface area contributed by atoms with Crippen molar-refractivity contribution in [1.82, 2.24) is 4.98 Å². The highest BCUT2D eigenvalue weighted by Crippen LogP contribution is 2.17. The van der Waals surface area contributed by atoms with Gasteiger partial charge in [-0.1, -0.05) is 6.07 Å². The maximum Gasteiger partial charge on any atom is 0.241 e. The van der Waals surface area contributed by atoms with Crippen LogP contribution in [0.1, 0.15) is 6.42 Å². The number of aromatic nitrogens is 1. The van der Waals surface area contributed by atoms with Crippen molar-refractivity contribution in [2.24, 2.45) is 5.73 Å². The van der Waals surface area contributed by atoms with Gasteiger partial charge in [0.25, 0.3) is 0 Å². The second kappa shape index (κ2) is 6.26. The molecule has 1 unspecified atom stereocenters. The number of methoxy groups -OCH3 is 1. The second-order valence-corrected chi connectivity index (χ2v) is 4.29. The van der Waals surface area contributed by atoms with E-state index in [0.29, 0.717) is 13.0 Å². The van der Waals surface area contributed by atoms with Gasteiger partial charge in [0, 0.05) is 31.0 Å². The van der Waals surface area contributed by atoms with Crippen LogP contribution in [0.5, 0.6) is 0 Å². The lowest BCUT2D eigenvalue weighted by Gasteiger charge is -2.12. The second-order valence-electron chi connectivity index (χ2n) is 4.29. The zero-order chi connectivity index (χ0) is 13.7. The molecule has 3 N–H and O–H groups in total. The highest BCUT2D eigenvalue weighted by molar-refractivity contribution is 5.96. The third-order valence-electron chi connectivity index (χ3n) is 2.84. The van der Waals surface area contributed by atoms with Gasteiger partial charge in [-0.2, -0.15) is 0 Å². The zero-order valence-corrected chi connectivity index (χ0v) is 10.8. The Morgan fingerprint density at radius 2 is 2.32 bits per heavy atom. The Labute approximate surface area is 111 Å². The van der Waals surface area contributed by atoms with Crippen LogP contribution in [-0.2, 0) is 9.53 Å². The van der Waals surface area contributed by atoms with E-state index in [1.807, 2.05) is 30.3 Å². The number of anilines is 1. The molecule has 2 rings (SSSR count). The highest BCUT2D eigenvalue weighted by atomic mass is 16.5. The number of rotatable bonds is 5. The zero-order valence-electron chi connectivity index (χ0n) is 10.8. The highest BCUT2D eigenvalue weighted by Gasteiger charge is 2.13. The SMILES string of the molecule is COCCC(N)C(=O)Nc1ccc2ncccc2c1. The molecule has 1 heterocycles. The third kappa shape index (κ3) is 3.49. The molecule has 0 spiro atoms. The van der Waals surface area contributed by atoms with Gasteiger partial charge < -0.3 is 15.8 Å². The molecule has 1 aromatic carbocycles.